The molecule has 0 aromatic heterocycles. The molecule has 138 valence electrons. The van der Waals surface area contributed by atoms with Crippen LogP contribution in [0.5, 0.6) is 0 Å². The molecule has 27 heavy (non-hydrogen) atoms. The molecule has 1 heterocycles. The van der Waals surface area contributed by atoms with Crippen molar-refractivity contribution in [3.05, 3.63) is 59.7 Å². The Bertz CT molecular complexity index is 920. The standard InChI is InChI=1S/C20H18N2O5/c1-12(23)13-7-9-14(10-8-13)22-18(24)11-17(19(22)25)21-16-6-4-3-5-15(16)20(26)27-2/h3-10,17,21H,11H2,1-2H3/t17-/m0/s1. The zero-order valence-corrected chi connectivity index (χ0v) is 14.9. The van der Waals surface area contributed by atoms with Crippen LogP contribution in [0.25, 0.3) is 0 Å². The largest absolute Gasteiger partial charge is 0.465 e. The van der Waals surface area contributed by atoms with Crippen LogP contribution in [0.1, 0.15) is 34.1 Å². The van der Waals surface area contributed by atoms with Crippen LogP contribution in [-0.2, 0) is 14.3 Å². The van der Waals surface area contributed by atoms with Gasteiger partial charge in [-0.05, 0) is 43.3 Å². The lowest BCUT2D eigenvalue weighted by Crippen LogP contribution is -2.35. The van der Waals surface area contributed by atoms with Crippen molar-refractivity contribution >= 4 is 34.9 Å². The SMILES string of the molecule is COC(=O)c1ccccc1N[C@H]1CC(=O)N(c2ccc(C(C)=O)cc2)C1=O. The molecule has 7 nitrogen and oxygen atoms in total. The number of para-hydroxylation sites is 1. The maximum atomic E-state index is 12.7. The normalized spacial score (nSPS) is 16.4. The Morgan fingerprint density at radius 2 is 1.74 bits per heavy atom. The summed E-state index contributed by atoms with van der Waals surface area (Å²) < 4.78 is 4.74. The van der Waals surface area contributed by atoms with Gasteiger partial charge in [-0.2, -0.15) is 0 Å². The van der Waals surface area contributed by atoms with Crippen molar-refractivity contribution in [3.8, 4) is 0 Å². The minimum Gasteiger partial charge on any atom is -0.465 e. The fourth-order valence-corrected chi connectivity index (χ4v) is 2.95. The fourth-order valence-electron chi connectivity index (χ4n) is 2.95. The molecule has 1 atom stereocenters. The lowest BCUT2D eigenvalue weighted by atomic mass is 10.1. The molecule has 7 heteroatoms. The van der Waals surface area contributed by atoms with Gasteiger partial charge in [-0.25, -0.2) is 9.69 Å². The number of hydrogen-bond donors (Lipinski definition) is 1. The number of anilines is 2. The third-order valence-corrected chi connectivity index (χ3v) is 4.34. The number of hydrogen-bond acceptors (Lipinski definition) is 6. The molecule has 0 aliphatic carbocycles. The van der Waals surface area contributed by atoms with Gasteiger partial charge in [0, 0.05) is 11.3 Å². The molecule has 1 saturated heterocycles. The molecule has 1 N–H and O–H groups in total. The average Bonchev–Trinajstić information content (AvgIpc) is 2.95. The van der Waals surface area contributed by atoms with Gasteiger partial charge in [0.15, 0.2) is 5.78 Å². The molecule has 2 aromatic carbocycles. The summed E-state index contributed by atoms with van der Waals surface area (Å²) >= 11 is 0. The zero-order valence-electron chi connectivity index (χ0n) is 14.9. The molecule has 1 aliphatic heterocycles. The number of amides is 2. The molecule has 3 rings (SSSR count). The van der Waals surface area contributed by atoms with E-state index in [-0.39, 0.29) is 23.7 Å². The third kappa shape index (κ3) is 3.57. The third-order valence-electron chi connectivity index (χ3n) is 4.34. The molecule has 2 aromatic rings. The van der Waals surface area contributed by atoms with E-state index in [1.807, 2.05) is 0 Å². The number of esters is 1. The number of benzene rings is 2. The summed E-state index contributed by atoms with van der Waals surface area (Å²) in [6, 6.07) is 12.1. The maximum Gasteiger partial charge on any atom is 0.339 e. The molecule has 0 saturated carbocycles. The number of ketones is 1. The average molecular weight is 366 g/mol. The summed E-state index contributed by atoms with van der Waals surface area (Å²) in [4.78, 5) is 49.5. The van der Waals surface area contributed by atoms with E-state index in [1.54, 1.807) is 48.5 Å². The second-order valence-electron chi connectivity index (χ2n) is 6.11. The smallest absolute Gasteiger partial charge is 0.339 e. The van der Waals surface area contributed by atoms with Gasteiger partial charge in [0.2, 0.25) is 5.91 Å². The van der Waals surface area contributed by atoms with E-state index >= 15 is 0 Å². The Morgan fingerprint density at radius 3 is 2.37 bits per heavy atom. The van der Waals surface area contributed by atoms with Gasteiger partial charge in [0.25, 0.3) is 5.91 Å². The molecule has 2 amide bonds. The van der Waals surface area contributed by atoms with Crippen molar-refractivity contribution in [2.24, 2.45) is 0 Å². The lowest BCUT2D eigenvalue weighted by Gasteiger charge is -2.17. The van der Waals surface area contributed by atoms with Crippen molar-refractivity contribution in [1.82, 2.24) is 0 Å². The summed E-state index contributed by atoms with van der Waals surface area (Å²) in [7, 11) is 1.27. The number of carbonyl (C=O) groups is 4. The number of methoxy groups -OCH3 is 1. The van der Waals surface area contributed by atoms with Crippen LogP contribution in [0.15, 0.2) is 48.5 Å². The molecule has 1 aliphatic rings. The number of carbonyl (C=O) groups excluding carboxylic acids is 4. The van der Waals surface area contributed by atoms with Gasteiger partial charge in [0.05, 0.1) is 24.8 Å². The highest BCUT2D eigenvalue weighted by Crippen LogP contribution is 2.26. The highest BCUT2D eigenvalue weighted by atomic mass is 16.5. The summed E-state index contributed by atoms with van der Waals surface area (Å²) in [6.45, 7) is 1.44. The summed E-state index contributed by atoms with van der Waals surface area (Å²) in [5.41, 5.74) is 1.61. The number of ether oxygens (including phenoxy) is 1. The molecular weight excluding hydrogens is 348 g/mol. The van der Waals surface area contributed by atoms with Crippen molar-refractivity contribution in [2.75, 3.05) is 17.3 Å². The number of nitrogens with one attached hydrogen (secondary N) is 1. The summed E-state index contributed by atoms with van der Waals surface area (Å²) in [6.07, 6.45) is -0.0389. The summed E-state index contributed by atoms with van der Waals surface area (Å²) in [5.74, 6) is -1.41. The lowest BCUT2D eigenvalue weighted by molar-refractivity contribution is -0.121. The first-order chi connectivity index (χ1) is 12.9. The van der Waals surface area contributed by atoms with Crippen molar-refractivity contribution in [2.45, 2.75) is 19.4 Å². The zero-order chi connectivity index (χ0) is 19.6. The fraction of sp³-hybridized carbons (Fsp3) is 0.200. The molecule has 0 bridgehead atoms. The van der Waals surface area contributed by atoms with E-state index in [4.69, 9.17) is 4.74 Å². The van der Waals surface area contributed by atoms with Crippen LogP contribution in [0, 0.1) is 0 Å². The predicted octanol–water partition coefficient (Wildman–Crippen LogP) is 2.42. The van der Waals surface area contributed by atoms with Gasteiger partial charge in [-0.1, -0.05) is 12.1 Å². The number of Topliss-reactive ketones (excluding diaryl/α,β-unsaturated/α-hetero) is 1. The second kappa shape index (κ2) is 7.41. The predicted molar refractivity (Wildman–Crippen MR) is 98.7 cm³/mol. The molecular formula is C20H18N2O5. The Hall–Kier alpha value is -3.48. The number of rotatable bonds is 5. The first-order valence-corrected chi connectivity index (χ1v) is 8.34. The second-order valence-corrected chi connectivity index (χ2v) is 6.11. The quantitative estimate of drug-likeness (QED) is 0.496. The van der Waals surface area contributed by atoms with Gasteiger partial charge >= 0.3 is 5.97 Å². The topological polar surface area (TPSA) is 92.8 Å². The van der Waals surface area contributed by atoms with Crippen molar-refractivity contribution in [1.29, 1.82) is 0 Å². The van der Waals surface area contributed by atoms with E-state index in [0.717, 1.165) is 4.90 Å². The first kappa shape index (κ1) is 18.3. The molecule has 1 fully saturated rings. The monoisotopic (exact) mass is 366 g/mol. The maximum absolute atomic E-state index is 12.7. The van der Waals surface area contributed by atoms with Gasteiger partial charge in [0.1, 0.15) is 6.04 Å². The van der Waals surface area contributed by atoms with E-state index in [2.05, 4.69) is 5.32 Å². The van der Waals surface area contributed by atoms with Crippen molar-refractivity contribution < 1.29 is 23.9 Å². The number of nitrogens with zero attached hydrogens (tertiary/aromatic N) is 1. The van der Waals surface area contributed by atoms with Crippen LogP contribution in [0.4, 0.5) is 11.4 Å². The van der Waals surface area contributed by atoms with E-state index in [9.17, 15) is 19.2 Å². The van der Waals surface area contributed by atoms with Crippen LogP contribution < -0.4 is 10.2 Å². The van der Waals surface area contributed by atoms with Gasteiger partial charge < -0.3 is 10.1 Å². The van der Waals surface area contributed by atoms with Crippen LogP contribution in [-0.4, -0.2) is 36.7 Å². The Morgan fingerprint density at radius 1 is 1.07 bits per heavy atom. The Balaban J connectivity index is 1.83. The summed E-state index contributed by atoms with van der Waals surface area (Å²) in [5, 5.41) is 2.97. The molecule has 0 radical (unpaired) electrons. The minimum absolute atomic E-state index is 0.0389. The van der Waals surface area contributed by atoms with Crippen LogP contribution >= 0.6 is 0 Å². The van der Waals surface area contributed by atoms with Gasteiger partial charge in [-0.15, -0.1) is 0 Å². The Labute approximate surface area is 155 Å². The molecule has 0 spiro atoms. The van der Waals surface area contributed by atoms with E-state index in [0.29, 0.717) is 16.9 Å². The van der Waals surface area contributed by atoms with Crippen LogP contribution in [0.2, 0.25) is 0 Å². The highest BCUT2D eigenvalue weighted by Gasteiger charge is 2.40. The first-order valence-electron chi connectivity index (χ1n) is 8.34. The molecule has 0 unspecified atom stereocenters. The Kier molecular flexibility index (Phi) is 5.03. The van der Waals surface area contributed by atoms with Crippen LogP contribution in [0.3, 0.4) is 0 Å². The number of imide groups is 1. The van der Waals surface area contributed by atoms with Crippen molar-refractivity contribution in [3.63, 3.8) is 0 Å². The van der Waals surface area contributed by atoms with E-state index < -0.39 is 17.9 Å². The van der Waals surface area contributed by atoms with E-state index in [1.165, 1.54) is 14.0 Å². The highest BCUT2D eigenvalue weighted by molar-refractivity contribution is 6.23. The minimum atomic E-state index is -0.796. The van der Waals surface area contributed by atoms with Gasteiger partial charge in [-0.3, -0.25) is 14.4 Å².